The van der Waals surface area contributed by atoms with Gasteiger partial charge in [-0.05, 0) is 25.0 Å². The van der Waals surface area contributed by atoms with Gasteiger partial charge in [-0.25, -0.2) is 0 Å². The summed E-state index contributed by atoms with van der Waals surface area (Å²) in [5.41, 5.74) is -0.747. The molecule has 17 heavy (non-hydrogen) atoms. The van der Waals surface area contributed by atoms with Crippen molar-refractivity contribution in [3.8, 4) is 0 Å². The van der Waals surface area contributed by atoms with Gasteiger partial charge in [0, 0.05) is 18.6 Å². The molecule has 1 aromatic rings. The van der Waals surface area contributed by atoms with Crippen LogP contribution in [-0.2, 0) is 6.18 Å². The molecular weight excluding hydrogens is 233 g/mol. The quantitative estimate of drug-likeness (QED) is 0.640. The van der Waals surface area contributed by atoms with Crippen LogP contribution in [0, 0.1) is 0 Å². The Balaban J connectivity index is 2.74. The minimum atomic E-state index is -4.43. The van der Waals surface area contributed by atoms with Crippen LogP contribution in [0.3, 0.4) is 0 Å². The van der Waals surface area contributed by atoms with Crippen LogP contribution in [0.2, 0.25) is 0 Å². The molecule has 2 nitrogen and oxygen atoms in total. The van der Waals surface area contributed by atoms with E-state index in [0.717, 1.165) is 12.1 Å². The zero-order chi connectivity index (χ0) is 12.9. The molecule has 0 aromatic heterocycles. The second kappa shape index (κ2) is 5.82. The van der Waals surface area contributed by atoms with Crippen LogP contribution >= 0.6 is 0 Å². The molecule has 0 unspecified atom stereocenters. The number of halogens is 3. The van der Waals surface area contributed by atoms with Crippen LogP contribution in [0.1, 0.15) is 35.2 Å². The molecule has 0 atom stereocenters. The Labute approximate surface area is 97.1 Å². The Morgan fingerprint density at radius 2 is 1.94 bits per heavy atom. The molecule has 0 amide bonds. The predicted molar refractivity (Wildman–Crippen MR) is 56.7 cm³/mol. The van der Waals surface area contributed by atoms with Crippen molar-refractivity contribution in [2.75, 3.05) is 6.61 Å². The maximum Gasteiger partial charge on any atom is 0.416 e. The van der Waals surface area contributed by atoms with Crippen molar-refractivity contribution in [1.82, 2.24) is 0 Å². The zero-order valence-electron chi connectivity index (χ0n) is 9.13. The van der Waals surface area contributed by atoms with E-state index >= 15 is 0 Å². The van der Waals surface area contributed by atoms with Gasteiger partial charge in [-0.15, -0.1) is 0 Å². The topological polar surface area (TPSA) is 37.3 Å². The Kier molecular flexibility index (Phi) is 4.69. The summed E-state index contributed by atoms with van der Waals surface area (Å²) >= 11 is 0. The van der Waals surface area contributed by atoms with Gasteiger partial charge in [0.05, 0.1) is 5.56 Å². The van der Waals surface area contributed by atoms with E-state index in [1.807, 2.05) is 0 Å². The standard InChI is InChI=1S/C12H13F3O2/c13-12(14,15)10-5-3-4-9(8-10)11(17)6-1-2-7-16/h3-5,8,16H,1-2,6-7H2. The van der Waals surface area contributed by atoms with E-state index in [1.165, 1.54) is 12.1 Å². The van der Waals surface area contributed by atoms with Crippen LogP contribution in [-0.4, -0.2) is 17.5 Å². The maximum atomic E-state index is 12.4. The Morgan fingerprint density at radius 1 is 1.24 bits per heavy atom. The monoisotopic (exact) mass is 246 g/mol. The summed E-state index contributed by atoms with van der Waals surface area (Å²) in [4.78, 5) is 11.5. The molecule has 0 radical (unpaired) electrons. The number of rotatable bonds is 5. The fourth-order valence-electron chi connectivity index (χ4n) is 1.41. The first-order valence-electron chi connectivity index (χ1n) is 5.26. The van der Waals surface area contributed by atoms with Crippen LogP contribution in [0.25, 0.3) is 0 Å². The molecule has 0 aliphatic rings. The van der Waals surface area contributed by atoms with E-state index in [-0.39, 0.29) is 24.4 Å². The second-order valence-electron chi connectivity index (χ2n) is 3.68. The van der Waals surface area contributed by atoms with Gasteiger partial charge in [-0.1, -0.05) is 12.1 Å². The first kappa shape index (κ1) is 13.7. The number of hydrogen-bond acceptors (Lipinski definition) is 2. The average molecular weight is 246 g/mol. The summed E-state index contributed by atoms with van der Waals surface area (Å²) in [6.07, 6.45) is -3.32. The van der Waals surface area contributed by atoms with Crippen molar-refractivity contribution in [1.29, 1.82) is 0 Å². The molecule has 0 bridgehead atoms. The fourth-order valence-corrected chi connectivity index (χ4v) is 1.41. The third-order valence-corrected chi connectivity index (χ3v) is 2.32. The molecule has 0 aliphatic heterocycles. The van der Waals surface area contributed by atoms with Gasteiger partial charge in [0.1, 0.15) is 0 Å². The molecular formula is C12H13F3O2. The smallest absolute Gasteiger partial charge is 0.396 e. The van der Waals surface area contributed by atoms with E-state index in [0.29, 0.717) is 12.8 Å². The SMILES string of the molecule is O=C(CCCCO)c1cccc(C(F)(F)F)c1. The summed E-state index contributed by atoms with van der Waals surface area (Å²) in [6, 6.07) is 4.39. The second-order valence-corrected chi connectivity index (χ2v) is 3.68. The summed E-state index contributed by atoms with van der Waals surface area (Å²) in [7, 11) is 0. The number of Topliss-reactive ketones (excluding diaryl/α,β-unsaturated/α-hetero) is 1. The fraction of sp³-hybridized carbons (Fsp3) is 0.417. The van der Waals surface area contributed by atoms with E-state index in [9.17, 15) is 18.0 Å². The van der Waals surface area contributed by atoms with E-state index in [2.05, 4.69) is 0 Å². The minimum Gasteiger partial charge on any atom is -0.396 e. The number of aliphatic hydroxyl groups excluding tert-OH is 1. The van der Waals surface area contributed by atoms with Crippen molar-refractivity contribution in [2.45, 2.75) is 25.4 Å². The molecule has 0 heterocycles. The molecule has 1 aromatic carbocycles. The molecule has 5 heteroatoms. The molecule has 1 N–H and O–H groups in total. The van der Waals surface area contributed by atoms with Crippen LogP contribution in [0.4, 0.5) is 13.2 Å². The van der Waals surface area contributed by atoms with E-state index < -0.39 is 11.7 Å². The highest BCUT2D eigenvalue weighted by molar-refractivity contribution is 5.96. The van der Waals surface area contributed by atoms with Gasteiger partial charge in [-0.2, -0.15) is 13.2 Å². The predicted octanol–water partition coefficient (Wildman–Crippen LogP) is 3.05. The number of aliphatic hydroxyl groups is 1. The summed E-state index contributed by atoms with van der Waals surface area (Å²) in [6.45, 7) is -0.0180. The first-order valence-corrected chi connectivity index (χ1v) is 5.26. The molecule has 0 saturated heterocycles. The van der Waals surface area contributed by atoms with Crippen LogP contribution in [0.15, 0.2) is 24.3 Å². The lowest BCUT2D eigenvalue weighted by atomic mass is 10.0. The summed E-state index contributed by atoms with van der Waals surface area (Å²) < 4.78 is 37.2. The molecule has 1 rings (SSSR count). The molecule has 0 fully saturated rings. The Hall–Kier alpha value is -1.36. The van der Waals surface area contributed by atoms with Crippen LogP contribution < -0.4 is 0 Å². The molecule has 94 valence electrons. The lowest BCUT2D eigenvalue weighted by Crippen LogP contribution is -2.07. The molecule has 0 spiro atoms. The van der Waals surface area contributed by atoms with Crippen molar-refractivity contribution in [3.05, 3.63) is 35.4 Å². The van der Waals surface area contributed by atoms with E-state index in [1.54, 1.807) is 0 Å². The van der Waals surface area contributed by atoms with Crippen molar-refractivity contribution in [3.63, 3.8) is 0 Å². The molecule has 0 saturated carbocycles. The van der Waals surface area contributed by atoms with Crippen LogP contribution in [0.5, 0.6) is 0 Å². The normalized spacial score (nSPS) is 11.5. The third-order valence-electron chi connectivity index (χ3n) is 2.32. The highest BCUT2D eigenvalue weighted by Gasteiger charge is 2.30. The number of alkyl halides is 3. The Morgan fingerprint density at radius 3 is 2.53 bits per heavy atom. The minimum absolute atomic E-state index is 0.0180. The number of ketones is 1. The van der Waals surface area contributed by atoms with Crippen molar-refractivity contribution < 1.29 is 23.1 Å². The zero-order valence-corrected chi connectivity index (χ0v) is 9.13. The molecule has 0 aliphatic carbocycles. The highest BCUT2D eigenvalue weighted by atomic mass is 19.4. The number of carbonyl (C=O) groups is 1. The lowest BCUT2D eigenvalue weighted by Gasteiger charge is -2.08. The van der Waals surface area contributed by atoms with Gasteiger partial charge in [-0.3, -0.25) is 4.79 Å². The number of carbonyl (C=O) groups excluding carboxylic acids is 1. The summed E-state index contributed by atoms with van der Waals surface area (Å²) in [5, 5.41) is 8.54. The van der Waals surface area contributed by atoms with Gasteiger partial charge >= 0.3 is 6.18 Å². The van der Waals surface area contributed by atoms with Gasteiger partial charge in [0.15, 0.2) is 5.78 Å². The Bertz CT molecular complexity index is 386. The van der Waals surface area contributed by atoms with Gasteiger partial charge in [0.2, 0.25) is 0 Å². The average Bonchev–Trinajstić information content (AvgIpc) is 2.28. The van der Waals surface area contributed by atoms with Crippen molar-refractivity contribution in [2.24, 2.45) is 0 Å². The largest absolute Gasteiger partial charge is 0.416 e. The third kappa shape index (κ3) is 4.19. The highest BCUT2D eigenvalue weighted by Crippen LogP contribution is 2.29. The number of hydrogen-bond donors (Lipinski definition) is 1. The number of unbranched alkanes of at least 4 members (excludes halogenated alkanes) is 1. The van der Waals surface area contributed by atoms with Gasteiger partial charge < -0.3 is 5.11 Å². The van der Waals surface area contributed by atoms with Gasteiger partial charge in [0.25, 0.3) is 0 Å². The van der Waals surface area contributed by atoms with Crippen molar-refractivity contribution >= 4 is 5.78 Å². The van der Waals surface area contributed by atoms with E-state index in [4.69, 9.17) is 5.11 Å². The summed E-state index contributed by atoms with van der Waals surface area (Å²) in [5.74, 6) is -0.329. The number of benzene rings is 1. The first-order chi connectivity index (χ1) is 7.95. The lowest BCUT2D eigenvalue weighted by molar-refractivity contribution is -0.137. The maximum absolute atomic E-state index is 12.4.